The van der Waals surface area contributed by atoms with Crippen LogP contribution in [0.25, 0.3) is 0 Å². The van der Waals surface area contributed by atoms with Crippen molar-refractivity contribution in [1.29, 1.82) is 0 Å². The third-order valence-corrected chi connectivity index (χ3v) is 2.68. The van der Waals surface area contributed by atoms with Gasteiger partial charge in [-0.05, 0) is 17.7 Å². The van der Waals surface area contributed by atoms with E-state index in [1.54, 1.807) is 12.1 Å². The maximum atomic E-state index is 11.3. The lowest BCUT2D eigenvalue weighted by atomic mass is 10.1. The van der Waals surface area contributed by atoms with Crippen LogP contribution in [0.15, 0.2) is 12.1 Å². The Kier molecular flexibility index (Phi) is 5.69. The van der Waals surface area contributed by atoms with E-state index >= 15 is 0 Å². The average molecular weight is 279 g/mol. The minimum absolute atomic E-state index is 0.133. The third kappa shape index (κ3) is 3.33. The minimum atomic E-state index is -1.05. The Hall–Kier alpha value is -2.39. The Labute approximate surface area is 117 Å². The molecule has 0 aliphatic carbocycles. The van der Waals surface area contributed by atoms with Crippen molar-refractivity contribution in [2.24, 2.45) is 0 Å². The number of hydrogen-bond acceptors (Lipinski definition) is 5. The number of ether oxygens (including phenoxy) is 3. The van der Waals surface area contributed by atoms with Crippen LogP contribution in [0.2, 0.25) is 0 Å². The van der Waals surface area contributed by atoms with E-state index in [9.17, 15) is 9.90 Å². The zero-order chi connectivity index (χ0) is 15.1. The lowest BCUT2D eigenvalue weighted by molar-refractivity contribution is -0.139. The van der Waals surface area contributed by atoms with Crippen LogP contribution >= 0.6 is 0 Å². The van der Waals surface area contributed by atoms with Gasteiger partial charge in [-0.2, -0.15) is 0 Å². The summed E-state index contributed by atoms with van der Waals surface area (Å²) in [5.41, 5.74) is 0.460. The molecule has 0 aliphatic rings. The van der Waals surface area contributed by atoms with Gasteiger partial charge in [-0.1, -0.05) is 5.92 Å². The summed E-state index contributed by atoms with van der Waals surface area (Å²) < 4.78 is 15.6. The van der Waals surface area contributed by atoms with Crippen molar-refractivity contribution in [3.05, 3.63) is 17.7 Å². The van der Waals surface area contributed by atoms with Crippen LogP contribution in [-0.4, -0.2) is 38.9 Å². The third-order valence-electron chi connectivity index (χ3n) is 2.68. The molecule has 20 heavy (non-hydrogen) atoms. The fourth-order valence-electron chi connectivity index (χ4n) is 1.78. The SMILES string of the molecule is C#CCNC(C(=O)O)c1cc(OC)c(OC)c(OC)c1. The van der Waals surface area contributed by atoms with E-state index in [2.05, 4.69) is 11.2 Å². The van der Waals surface area contributed by atoms with Gasteiger partial charge in [-0.25, -0.2) is 0 Å². The first kappa shape index (κ1) is 15.7. The summed E-state index contributed by atoms with van der Waals surface area (Å²) in [6.45, 7) is 0.133. The predicted octanol–water partition coefficient (Wildman–Crippen LogP) is 1.06. The Morgan fingerprint density at radius 3 is 2.20 bits per heavy atom. The molecule has 0 saturated carbocycles. The molecular weight excluding hydrogens is 262 g/mol. The fraction of sp³-hybridized carbons (Fsp3) is 0.357. The molecule has 1 aromatic rings. The number of benzene rings is 1. The van der Waals surface area contributed by atoms with Crippen LogP contribution < -0.4 is 19.5 Å². The lowest BCUT2D eigenvalue weighted by Gasteiger charge is -2.18. The summed E-state index contributed by atoms with van der Waals surface area (Å²) in [5, 5.41) is 12.0. The smallest absolute Gasteiger partial charge is 0.325 e. The highest BCUT2D eigenvalue weighted by molar-refractivity contribution is 5.76. The van der Waals surface area contributed by atoms with E-state index in [4.69, 9.17) is 20.6 Å². The monoisotopic (exact) mass is 279 g/mol. The maximum absolute atomic E-state index is 11.3. The molecule has 0 spiro atoms. The van der Waals surface area contributed by atoms with Crippen molar-refractivity contribution in [3.8, 4) is 29.6 Å². The predicted molar refractivity (Wildman–Crippen MR) is 73.3 cm³/mol. The molecule has 0 fully saturated rings. The molecule has 0 radical (unpaired) electrons. The maximum Gasteiger partial charge on any atom is 0.325 e. The number of terminal acetylenes is 1. The van der Waals surface area contributed by atoms with Gasteiger partial charge in [-0.15, -0.1) is 6.42 Å². The number of carboxylic acids is 1. The Bertz CT molecular complexity index is 496. The summed E-state index contributed by atoms with van der Waals surface area (Å²) in [6, 6.07) is 2.19. The lowest BCUT2D eigenvalue weighted by Crippen LogP contribution is -2.28. The van der Waals surface area contributed by atoms with Gasteiger partial charge in [0.2, 0.25) is 5.75 Å². The second-order valence-corrected chi connectivity index (χ2v) is 3.81. The largest absolute Gasteiger partial charge is 0.493 e. The molecule has 0 amide bonds. The summed E-state index contributed by atoms with van der Waals surface area (Å²) in [4.78, 5) is 11.3. The molecule has 0 heterocycles. The zero-order valence-corrected chi connectivity index (χ0v) is 11.6. The van der Waals surface area contributed by atoms with Gasteiger partial charge in [0.05, 0.1) is 27.9 Å². The molecule has 0 bridgehead atoms. The van der Waals surface area contributed by atoms with Gasteiger partial charge in [0, 0.05) is 0 Å². The standard InChI is InChI=1S/C14H17NO5/c1-5-6-15-12(14(16)17)9-7-10(18-2)13(20-4)11(8-9)19-3/h1,7-8,12,15H,6H2,2-4H3,(H,16,17). The van der Waals surface area contributed by atoms with Crippen LogP contribution in [0.5, 0.6) is 17.2 Å². The molecule has 108 valence electrons. The van der Waals surface area contributed by atoms with E-state index in [0.717, 1.165) is 0 Å². The van der Waals surface area contributed by atoms with E-state index in [-0.39, 0.29) is 6.54 Å². The number of nitrogens with one attached hydrogen (secondary N) is 1. The summed E-state index contributed by atoms with van der Waals surface area (Å²) in [6.07, 6.45) is 5.14. The quantitative estimate of drug-likeness (QED) is 0.727. The topological polar surface area (TPSA) is 77.0 Å². The van der Waals surface area contributed by atoms with Gasteiger partial charge in [-0.3, -0.25) is 10.1 Å². The number of hydrogen-bond donors (Lipinski definition) is 2. The van der Waals surface area contributed by atoms with Crippen LogP contribution in [0, 0.1) is 12.3 Å². The van der Waals surface area contributed by atoms with Crippen molar-refractivity contribution in [2.75, 3.05) is 27.9 Å². The number of methoxy groups -OCH3 is 3. The van der Waals surface area contributed by atoms with Crippen molar-refractivity contribution in [2.45, 2.75) is 6.04 Å². The number of carboxylic acid groups (broad SMARTS) is 1. The molecule has 6 nitrogen and oxygen atoms in total. The highest BCUT2D eigenvalue weighted by atomic mass is 16.5. The fourth-order valence-corrected chi connectivity index (χ4v) is 1.78. The first-order valence-electron chi connectivity index (χ1n) is 5.78. The average Bonchev–Trinajstić information content (AvgIpc) is 2.45. The normalized spacial score (nSPS) is 11.3. The number of rotatable bonds is 7. The second-order valence-electron chi connectivity index (χ2n) is 3.81. The summed E-state index contributed by atoms with van der Waals surface area (Å²) >= 11 is 0. The van der Waals surface area contributed by atoms with Crippen molar-refractivity contribution in [1.82, 2.24) is 5.32 Å². The van der Waals surface area contributed by atoms with E-state index < -0.39 is 12.0 Å². The molecule has 6 heteroatoms. The van der Waals surface area contributed by atoms with Crippen LogP contribution in [0.3, 0.4) is 0 Å². The van der Waals surface area contributed by atoms with E-state index in [1.807, 2.05) is 0 Å². The van der Waals surface area contributed by atoms with Gasteiger partial charge in [0.1, 0.15) is 6.04 Å². The molecule has 1 rings (SSSR count). The number of aliphatic carboxylic acids is 1. The molecule has 0 aromatic heterocycles. The second kappa shape index (κ2) is 7.26. The summed E-state index contributed by atoms with van der Waals surface area (Å²) in [5.74, 6) is 2.47. The van der Waals surface area contributed by atoms with Gasteiger partial charge < -0.3 is 19.3 Å². The van der Waals surface area contributed by atoms with Gasteiger partial charge in [0.15, 0.2) is 11.5 Å². The van der Waals surface area contributed by atoms with Gasteiger partial charge >= 0.3 is 5.97 Å². The van der Waals surface area contributed by atoms with Crippen molar-refractivity contribution in [3.63, 3.8) is 0 Å². The minimum Gasteiger partial charge on any atom is -0.493 e. The van der Waals surface area contributed by atoms with Crippen molar-refractivity contribution < 1.29 is 24.1 Å². The molecule has 0 aliphatic heterocycles. The zero-order valence-electron chi connectivity index (χ0n) is 11.6. The molecular formula is C14H17NO5. The highest BCUT2D eigenvalue weighted by Gasteiger charge is 2.23. The first-order chi connectivity index (χ1) is 9.58. The Morgan fingerprint density at radius 2 is 1.85 bits per heavy atom. The number of carbonyl (C=O) groups is 1. The molecule has 1 aromatic carbocycles. The molecule has 2 N–H and O–H groups in total. The Balaban J connectivity index is 3.29. The molecule has 0 saturated heterocycles. The summed E-state index contributed by atoms with van der Waals surface area (Å²) in [7, 11) is 4.41. The van der Waals surface area contributed by atoms with E-state index in [1.165, 1.54) is 21.3 Å². The van der Waals surface area contributed by atoms with E-state index in [0.29, 0.717) is 22.8 Å². The van der Waals surface area contributed by atoms with Crippen molar-refractivity contribution >= 4 is 5.97 Å². The van der Waals surface area contributed by atoms with Crippen LogP contribution in [-0.2, 0) is 4.79 Å². The molecule has 1 atom stereocenters. The Morgan fingerprint density at radius 1 is 1.30 bits per heavy atom. The van der Waals surface area contributed by atoms with Crippen LogP contribution in [0.4, 0.5) is 0 Å². The van der Waals surface area contributed by atoms with Gasteiger partial charge in [0.25, 0.3) is 0 Å². The highest BCUT2D eigenvalue weighted by Crippen LogP contribution is 2.39. The van der Waals surface area contributed by atoms with Crippen LogP contribution in [0.1, 0.15) is 11.6 Å². The first-order valence-corrected chi connectivity index (χ1v) is 5.78. The molecule has 1 unspecified atom stereocenters.